The summed E-state index contributed by atoms with van der Waals surface area (Å²) >= 11 is 0. The SMILES string of the molecule is CN1CCCCC1c1nc2cccnc2n1CC1CCNC1. The molecule has 2 aliphatic rings. The number of nitrogens with zero attached hydrogens (tertiary/aromatic N) is 4. The summed E-state index contributed by atoms with van der Waals surface area (Å²) in [5.74, 6) is 1.93. The van der Waals surface area contributed by atoms with E-state index in [2.05, 4.69) is 32.9 Å². The molecule has 0 spiro atoms. The topological polar surface area (TPSA) is 46.0 Å². The van der Waals surface area contributed by atoms with E-state index in [0.29, 0.717) is 12.0 Å². The first-order chi connectivity index (χ1) is 10.8. The molecule has 0 radical (unpaired) electrons. The van der Waals surface area contributed by atoms with Gasteiger partial charge in [0, 0.05) is 12.7 Å². The van der Waals surface area contributed by atoms with E-state index in [1.165, 1.54) is 38.1 Å². The first-order valence-corrected chi connectivity index (χ1v) is 8.55. The number of likely N-dealkylation sites (tertiary alicyclic amines) is 1. The van der Waals surface area contributed by atoms with Gasteiger partial charge in [-0.05, 0) is 64.0 Å². The quantitative estimate of drug-likeness (QED) is 0.944. The summed E-state index contributed by atoms with van der Waals surface area (Å²) in [6, 6.07) is 4.53. The number of hydrogen-bond donors (Lipinski definition) is 1. The Morgan fingerprint density at radius 3 is 3.09 bits per heavy atom. The second kappa shape index (κ2) is 5.97. The van der Waals surface area contributed by atoms with Crippen LogP contribution < -0.4 is 5.32 Å². The van der Waals surface area contributed by atoms with Crippen molar-refractivity contribution in [2.75, 3.05) is 26.7 Å². The zero-order valence-electron chi connectivity index (χ0n) is 13.3. The maximum Gasteiger partial charge on any atom is 0.160 e. The van der Waals surface area contributed by atoms with Crippen LogP contribution in [0.15, 0.2) is 18.3 Å². The minimum absolute atomic E-state index is 0.442. The van der Waals surface area contributed by atoms with E-state index < -0.39 is 0 Å². The molecule has 2 unspecified atom stereocenters. The van der Waals surface area contributed by atoms with E-state index >= 15 is 0 Å². The second-order valence-corrected chi connectivity index (χ2v) is 6.78. The van der Waals surface area contributed by atoms with E-state index in [4.69, 9.17) is 4.98 Å². The van der Waals surface area contributed by atoms with Gasteiger partial charge in [-0.25, -0.2) is 9.97 Å². The van der Waals surface area contributed by atoms with Crippen LogP contribution in [-0.4, -0.2) is 46.1 Å². The third-order valence-corrected chi connectivity index (χ3v) is 5.20. The van der Waals surface area contributed by atoms with Crippen LogP contribution in [0.5, 0.6) is 0 Å². The number of nitrogens with one attached hydrogen (secondary N) is 1. The Morgan fingerprint density at radius 1 is 1.32 bits per heavy atom. The van der Waals surface area contributed by atoms with Crippen molar-refractivity contribution in [1.29, 1.82) is 0 Å². The molecule has 0 amide bonds. The molecule has 5 heteroatoms. The van der Waals surface area contributed by atoms with E-state index in [0.717, 1.165) is 30.8 Å². The average molecular weight is 299 g/mol. The fourth-order valence-corrected chi connectivity index (χ4v) is 3.94. The highest BCUT2D eigenvalue weighted by atomic mass is 15.2. The normalized spacial score (nSPS) is 26.8. The summed E-state index contributed by atoms with van der Waals surface area (Å²) in [5.41, 5.74) is 2.10. The molecule has 2 aliphatic heterocycles. The molecule has 0 bridgehead atoms. The predicted octanol–water partition coefficient (Wildman–Crippen LogP) is 2.20. The van der Waals surface area contributed by atoms with Gasteiger partial charge in [-0.15, -0.1) is 0 Å². The van der Waals surface area contributed by atoms with Gasteiger partial charge in [0.2, 0.25) is 0 Å². The van der Waals surface area contributed by atoms with Gasteiger partial charge < -0.3 is 9.88 Å². The highest BCUT2D eigenvalue weighted by molar-refractivity contribution is 5.71. The Kier molecular flexibility index (Phi) is 3.84. The van der Waals surface area contributed by atoms with Crippen molar-refractivity contribution in [3.05, 3.63) is 24.2 Å². The minimum Gasteiger partial charge on any atom is -0.316 e. The van der Waals surface area contributed by atoms with E-state index in [-0.39, 0.29) is 0 Å². The van der Waals surface area contributed by atoms with Crippen molar-refractivity contribution in [3.8, 4) is 0 Å². The number of rotatable bonds is 3. The molecule has 2 aromatic heterocycles. The molecule has 0 saturated carbocycles. The first kappa shape index (κ1) is 14.2. The largest absolute Gasteiger partial charge is 0.316 e. The lowest BCUT2D eigenvalue weighted by atomic mass is 10.0. The zero-order chi connectivity index (χ0) is 14.9. The van der Waals surface area contributed by atoms with Crippen molar-refractivity contribution in [2.24, 2.45) is 5.92 Å². The Balaban J connectivity index is 1.74. The maximum absolute atomic E-state index is 4.97. The molecular formula is C17H25N5. The van der Waals surface area contributed by atoms with E-state index in [1.807, 2.05) is 12.3 Å². The molecule has 0 aliphatic carbocycles. The van der Waals surface area contributed by atoms with Gasteiger partial charge in [-0.3, -0.25) is 4.90 Å². The molecule has 1 N–H and O–H groups in total. The molecule has 4 heterocycles. The highest BCUT2D eigenvalue weighted by Crippen LogP contribution is 2.31. The van der Waals surface area contributed by atoms with Crippen molar-refractivity contribution in [3.63, 3.8) is 0 Å². The van der Waals surface area contributed by atoms with Gasteiger partial charge in [0.1, 0.15) is 11.3 Å². The third-order valence-electron chi connectivity index (χ3n) is 5.20. The minimum atomic E-state index is 0.442. The predicted molar refractivity (Wildman–Crippen MR) is 87.7 cm³/mol. The lowest BCUT2D eigenvalue weighted by molar-refractivity contribution is 0.174. The van der Waals surface area contributed by atoms with Crippen molar-refractivity contribution >= 4 is 11.2 Å². The van der Waals surface area contributed by atoms with Gasteiger partial charge >= 0.3 is 0 Å². The monoisotopic (exact) mass is 299 g/mol. The number of hydrogen-bond acceptors (Lipinski definition) is 4. The fraction of sp³-hybridized carbons (Fsp3) is 0.647. The second-order valence-electron chi connectivity index (χ2n) is 6.78. The molecule has 2 saturated heterocycles. The highest BCUT2D eigenvalue weighted by Gasteiger charge is 2.28. The molecular weight excluding hydrogens is 274 g/mol. The number of imidazole rings is 1. The molecule has 2 aromatic rings. The molecule has 118 valence electrons. The Hall–Kier alpha value is -1.46. The van der Waals surface area contributed by atoms with Crippen LogP contribution in [0, 0.1) is 5.92 Å². The van der Waals surface area contributed by atoms with Gasteiger partial charge in [0.05, 0.1) is 6.04 Å². The molecule has 22 heavy (non-hydrogen) atoms. The van der Waals surface area contributed by atoms with Gasteiger partial charge in [0.25, 0.3) is 0 Å². The number of aromatic nitrogens is 3. The third kappa shape index (κ3) is 2.52. The molecule has 2 atom stereocenters. The molecule has 4 rings (SSSR count). The fourth-order valence-electron chi connectivity index (χ4n) is 3.94. The van der Waals surface area contributed by atoms with Crippen LogP contribution in [0.25, 0.3) is 11.2 Å². The Morgan fingerprint density at radius 2 is 2.27 bits per heavy atom. The number of fused-ring (bicyclic) bond motifs is 1. The number of piperidine rings is 1. The lowest BCUT2D eigenvalue weighted by Gasteiger charge is -2.32. The summed E-state index contributed by atoms with van der Waals surface area (Å²) in [7, 11) is 2.23. The van der Waals surface area contributed by atoms with Crippen molar-refractivity contribution in [2.45, 2.75) is 38.3 Å². The van der Waals surface area contributed by atoms with Crippen LogP contribution >= 0.6 is 0 Å². The van der Waals surface area contributed by atoms with Gasteiger partial charge in [0.15, 0.2) is 5.65 Å². The summed E-state index contributed by atoms with van der Waals surface area (Å²) in [5, 5.41) is 3.48. The summed E-state index contributed by atoms with van der Waals surface area (Å²) in [6.45, 7) is 4.47. The van der Waals surface area contributed by atoms with Crippen LogP contribution in [0.2, 0.25) is 0 Å². The van der Waals surface area contributed by atoms with Crippen LogP contribution in [0.4, 0.5) is 0 Å². The molecule has 5 nitrogen and oxygen atoms in total. The average Bonchev–Trinajstić information content (AvgIpc) is 3.17. The van der Waals surface area contributed by atoms with Crippen molar-refractivity contribution in [1.82, 2.24) is 24.8 Å². The first-order valence-electron chi connectivity index (χ1n) is 8.55. The summed E-state index contributed by atoms with van der Waals surface area (Å²) in [6.07, 6.45) is 6.96. The van der Waals surface area contributed by atoms with Crippen LogP contribution in [0.3, 0.4) is 0 Å². The number of pyridine rings is 1. The van der Waals surface area contributed by atoms with Crippen LogP contribution in [0.1, 0.15) is 37.5 Å². The lowest BCUT2D eigenvalue weighted by Crippen LogP contribution is -2.32. The van der Waals surface area contributed by atoms with E-state index in [1.54, 1.807) is 0 Å². The smallest absolute Gasteiger partial charge is 0.160 e. The van der Waals surface area contributed by atoms with Crippen LogP contribution in [-0.2, 0) is 6.54 Å². The van der Waals surface area contributed by atoms with Gasteiger partial charge in [-0.2, -0.15) is 0 Å². The van der Waals surface area contributed by atoms with Crippen molar-refractivity contribution < 1.29 is 0 Å². The zero-order valence-corrected chi connectivity index (χ0v) is 13.3. The summed E-state index contributed by atoms with van der Waals surface area (Å²) in [4.78, 5) is 12.1. The standard InChI is InChI=1S/C17H25N5/c1-21-10-3-2-6-15(21)17-20-14-5-4-8-19-16(14)22(17)12-13-7-9-18-11-13/h4-5,8,13,15,18H,2-3,6-7,9-12H2,1H3. The maximum atomic E-state index is 4.97. The van der Waals surface area contributed by atoms with Gasteiger partial charge in [-0.1, -0.05) is 6.42 Å². The molecule has 2 fully saturated rings. The summed E-state index contributed by atoms with van der Waals surface area (Å²) < 4.78 is 2.40. The molecule has 0 aromatic carbocycles. The van der Waals surface area contributed by atoms with E-state index in [9.17, 15) is 0 Å². The Bertz CT molecular complexity index is 644. The Labute approximate surface area is 131 Å².